The smallest absolute Gasteiger partial charge is 0.0807 e. The molecule has 3 nitrogen and oxygen atoms in total. The summed E-state index contributed by atoms with van der Waals surface area (Å²) in [6, 6.07) is 8.12. The van der Waals surface area contributed by atoms with E-state index in [4.69, 9.17) is 0 Å². The fraction of sp³-hybridized carbons (Fsp3) is 0.600. The maximum Gasteiger partial charge on any atom is 0.0807 e. The van der Waals surface area contributed by atoms with Crippen LogP contribution < -0.4 is 4.90 Å². The van der Waals surface area contributed by atoms with Gasteiger partial charge in [-0.1, -0.05) is 25.1 Å². The van der Waals surface area contributed by atoms with E-state index in [9.17, 15) is 10.2 Å². The van der Waals surface area contributed by atoms with Crippen molar-refractivity contribution in [1.29, 1.82) is 0 Å². The molecule has 18 heavy (non-hydrogen) atoms. The van der Waals surface area contributed by atoms with Crippen molar-refractivity contribution in [3.63, 3.8) is 0 Å². The second-order valence-electron chi connectivity index (χ2n) is 5.10. The molecule has 0 unspecified atom stereocenters. The van der Waals surface area contributed by atoms with Gasteiger partial charge in [-0.05, 0) is 31.2 Å². The highest BCUT2D eigenvalue weighted by atomic mass is 16.3. The molecule has 2 rings (SSSR count). The lowest BCUT2D eigenvalue weighted by atomic mass is 9.96. The molecule has 2 N–H and O–H groups in total. The lowest BCUT2D eigenvalue weighted by molar-refractivity contribution is 0.173. The first-order chi connectivity index (χ1) is 8.76. The molecular weight excluding hydrogens is 226 g/mol. The molecule has 0 spiro atoms. The predicted octanol–water partition coefficient (Wildman–Crippen LogP) is 2.34. The van der Waals surface area contributed by atoms with Crippen LogP contribution in [-0.2, 0) is 0 Å². The summed E-state index contributed by atoms with van der Waals surface area (Å²) >= 11 is 0. The van der Waals surface area contributed by atoms with Crippen molar-refractivity contribution >= 4 is 5.69 Å². The number of nitrogens with zero attached hydrogens (tertiary/aromatic N) is 1. The largest absolute Gasteiger partial charge is 0.396 e. The number of hydrogen-bond acceptors (Lipinski definition) is 3. The summed E-state index contributed by atoms with van der Waals surface area (Å²) in [6.45, 7) is 4.24. The normalized spacial score (nSPS) is 18.9. The zero-order chi connectivity index (χ0) is 13.0. The zero-order valence-corrected chi connectivity index (χ0v) is 11.0. The van der Waals surface area contributed by atoms with E-state index in [1.54, 1.807) is 0 Å². The molecule has 1 fully saturated rings. The highest BCUT2D eigenvalue weighted by molar-refractivity contribution is 5.54. The minimum atomic E-state index is -0.378. The lowest BCUT2D eigenvalue weighted by Gasteiger charge is -2.34. The van der Waals surface area contributed by atoms with Gasteiger partial charge in [-0.15, -0.1) is 0 Å². The van der Waals surface area contributed by atoms with Crippen molar-refractivity contribution < 1.29 is 10.2 Å². The van der Waals surface area contributed by atoms with Crippen LogP contribution >= 0.6 is 0 Å². The number of rotatable bonds is 4. The number of hydrogen-bond donors (Lipinski definition) is 2. The molecule has 0 aliphatic carbocycles. The van der Waals surface area contributed by atoms with E-state index < -0.39 is 0 Å². The Morgan fingerprint density at radius 1 is 1.28 bits per heavy atom. The van der Waals surface area contributed by atoms with Gasteiger partial charge in [-0.2, -0.15) is 0 Å². The third-order valence-corrected chi connectivity index (χ3v) is 3.90. The van der Waals surface area contributed by atoms with E-state index in [2.05, 4.69) is 11.0 Å². The molecule has 100 valence electrons. The van der Waals surface area contributed by atoms with E-state index in [0.717, 1.165) is 43.6 Å². The van der Waals surface area contributed by atoms with Crippen LogP contribution in [0.4, 0.5) is 5.69 Å². The van der Waals surface area contributed by atoms with Gasteiger partial charge in [0.1, 0.15) is 0 Å². The Morgan fingerprint density at radius 2 is 1.94 bits per heavy atom. The lowest BCUT2D eigenvalue weighted by Crippen LogP contribution is -2.35. The Hall–Kier alpha value is -1.06. The van der Waals surface area contributed by atoms with Gasteiger partial charge in [0.05, 0.1) is 6.10 Å². The standard InChI is InChI=1S/C15H23NO2/c1-2-15(18)13-5-3-4-6-14(13)16-9-7-12(11-17)8-10-16/h3-6,12,15,17-18H,2,7-11H2,1H3/t15-/m1/s1. The summed E-state index contributed by atoms with van der Waals surface area (Å²) in [5.41, 5.74) is 2.19. The molecule has 1 aromatic rings. The molecule has 0 amide bonds. The van der Waals surface area contributed by atoms with Crippen LogP contribution in [0, 0.1) is 5.92 Å². The number of aliphatic hydroxyl groups excluding tert-OH is 2. The Morgan fingerprint density at radius 3 is 2.56 bits per heavy atom. The SMILES string of the molecule is CC[C@@H](O)c1ccccc1N1CCC(CO)CC1. The topological polar surface area (TPSA) is 43.7 Å². The van der Waals surface area contributed by atoms with Gasteiger partial charge in [0, 0.05) is 30.9 Å². The summed E-state index contributed by atoms with van der Waals surface area (Å²) in [5, 5.41) is 19.2. The Bertz CT molecular complexity index is 373. The zero-order valence-electron chi connectivity index (χ0n) is 11.0. The first-order valence-corrected chi connectivity index (χ1v) is 6.89. The van der Waals surface area contributed by atoms with Crippen molar-refractivity contribution in [3.8, 4) is 0 Å². The van der Waals surface area contributed by atoms with Gasteiger partial charge in [0.25, 0.3) is 0 Å². The molecule has 1 aliphatic heterocycles. The molecule has 1 heterocycles. The van der Waals surface area contributed by atoms with E-state index in [-0.39, 0.29) is 6.10 Å². The van der Waals surface area contributed by atoms with Crippen LogP contribution in [-0.4, -0.2) is 29.9 Å². The van der Waals surface area contributed by atoms with Crippen LogP contribution in [0.25, 0.3) is 0 Å². The molecule has 1 saturated heterocycles. The van der Waals surface area contributed by atoms with E-state index >= 15 is 0 Å². The maximum absolute atomic E-state index is 10.1. The Kier molecular flexibility index (Phi) is 4.61. The van der Waals surface area contributed by atoms with Crippen LogP contribution in [0.3, 0.4) is 0 Å². The van der Waals surface area contributed by atoms with Crippen molar-refractivity contribution in [2.75, 3.05) is 24.6 Å². The number of benzene rings is 1. The molecule has 1 atom stereocenters. The van der Waals surface area contributed by atoms with Gasteiger partial charge in [-0.25, -0.2) is 0 Å². The van der Waals surface area contributed by atoms with Crippen LogP contribution in [0.5, 0.6) is 0 Å². The number of piperidine rings is 1. The first kappa shape index (κ1) is 13.4. The monoisotopic (exact) mass is 249 g/mol. The fourth-order valence-corrected chi connectivity index (χ4v) is 2.63. The van der Waals surface area contributed by atoms with Crippen molar-refractivity contribution in [2.24, 2.45) is 5.92 Å². The fourth-order valence-electron chi connectivity index (χ4n) is 2.63. The summed E-state index contributed by atoms with van der Waals surface area (Å²) in [4.78, 5) is 2.33. The average molecular weight is 249 g/mol. The molecule has 0 saturated carbocycles. The van der Waals surface area contributed by atoms with Gasteiger partial charge in [0.15, 0.2) is 0 Å². The maximum atomic E-state index is 10.1. The van der Waals surface area contributed by atoms with Crippen LogP contribution in [0.15, 0.2) is 24.3 Å². The molecule has 3 heteroatoms. The van der Waals surface area contributed by atoms with Gasteiger partial charge in [-0.3, -0.25) is 0 Å². The van der Waals surface area contributed by atoms with E-state index in [1.807, 2.05) is 25.1 Å². The third kappa shape index (κ3) is 2.85. The molecule has 1 aliphatic rings. The van der Waals surface area contributed by atoms with Crippen molar-refractivity contribution in [2.45, 2.75) is 32.3 Å². The molecule has 0 radical (unpaired) electrons. The Balaban J connectivity index is 2.13. The van der Waals surface area contributed by atoms with E-state index in [1.165, 1.54) is 0 Å². The quantitative estimate of drug-likeness (QED) is 0.861. The van der Waals surface area contributed by atoms with Crippen molar-refractivity contribution in [1.82, 2.24) is 0 Å². The molecule has 0 aromatic heterocycles. The second-order valence-corrected chi connectivity index (χ2v) is 5.10. The van der Waals surface area contributed by atoms with E-state index in [0.29, 0.717) is 12.5 Å². The summed E-state index contributed by atoms with van der Waals surface area (Å²) < 4.78 is 0. The average Bonchev–Trinajstić information content (AvgIpc) is 2.46. The minimum absolute atomic E-state index is 0.299. The first-order valence-electron chi connectivity index (χ1n) is 6.89. The Labute approximate surface area is 109 Å². The highest BCUT2D eigenvalue weighted by Crippen LogP contribution is 2.30. The third-order valence-electron chi connectivity index (χ3n) is 3.90. The molecule has 0 bridgehead atoms. The number of aliphatic hydroxyl groups is 2. The summed E-state index contributed by atoms with van der Waals surface area (Å²) in [6.07, 6.45) is 2.43. The highest BCUT2D eigenvalue weighted by Gasteiger charge is 2.21. The second kappa shape index (κ2) is 6.21. The van der Waals surface area contributed by atoms with Gasteiger partial charge < -0.3 is 15.1 Å². The number of para-hydroxylation sites is 1. The summed E-state index contributed by atoms with van der Waals surface area (Å²) in [5.74, 6) is 0.449. The predicted molar refractivity (Wildman–Crippen MR) is 73.7 cm³/mol. The van der Waals surface area contributed by atoms with Gasteiger partial charge in [0.2, 0.25) is 0 Å². The van der Waals surface area contributed by atoms with Crippen LogP contribution in [0.2, 0.25) is 0 Å². The number of anilines is 1. The van der Waals surface area contributed by atoms with Crippen molar-refractivity contribution in [3.05, 3.63) is 29.8 Å². The molecular formula is C15H23NO2. The molecule has 1 aromatic carbocycles. The minimum Gasteiger partial charge on any atom is -0.396 e. The summed E-state index contributed by atoms with van der Waals surface area (Å²) in [7, 11) is 0. The van der Waals surface area contributed by atoms with Gasteiger partial charge >= 0.3 is 0 Å². The van der Waals surface area contributed by atoms with Crippen LogP contribution in [0.1, 0.15) is 37.9 Å².